The first-order valence-corrected chi connectivity index (χ1v) is 14.5. The molecule has 0 unspecified atom stereocenters. The Morgan fingerprint density at radius 2 is 1.83 bits per heavy atom. The van der Waals surface area contributed by atoms with Gasteiger partial charge in [-0.3, -0.25) is 9.59 Å². The van der Waals surface area contributed by atoms with Crippen LogP contribution in [0.4, 0.5) is 0 Å². The highest BCUT2D eigenvalue weighted by Crippen LogP contribution is 2.35. The van der Waals surface area contributed by atoms with E-state index in [2.05, 4.69) is 16.0 Å². The molecule has 1 aliphatic carbocycles. The van der Waals surface area contributed by atoms with E-state index in [1.165, 1.54) is 18.4 Å². The van der Waals surface area contributed by atoms with Gasteiger partial charge in [0.2, 0.25) is 0 Å². The predicted molar refractivity (Wildman–Crippen MR) is 162 cm³/mol. The molecule has 1 amide bonds. The molecule has 1 aromatic heterocycles. The van der Waals surface area contributed by atoms with Crippen LogP contribution < -0.4 is 10.1 Å². The number of rotatable bonds is 11. The summed E-state index contributed by atoms with van der Waals surface area (Å²) in [5.74, 6) is 0.0798. The third kappa shape index (κ3) is 6.92. The van der Waals surface area contributed by atoms with Crippen LogP contribution in [-0.2, 0) is 17.9 Å². The quantitative estimate of drug-likeness (QED) is 0.174. The number of nitrogens with zero attached hydrogens (tertiary/aromatic N) is 2. The number of amides is 1. The number of aryl methyl sites for hydroxylation is 1. The van der Waals surface area contributed by atoms with Crippen LogP contribution in [0.5, 0.6) is 5.75 Å². The van der Waals surface area contributed by atoms with Gasteiger partial charge >= 0.3 is 5.97 Å². The zero-order chi connectivity index (χ0) is 28.8. The van der Waals surface area contributed by atoms with Crippen molar-refractivity contribution in [1.82, 2.24) is 14.9 Å². The summed E-state index contributed by atoms with van der Waals surface area (Å²) in [5, 5.41) is 12.6. The first-order chi connectivity index (χ1) is 19.9. The van der Waals surface area contributed by atoms with Crippen LogP contribution in [0.15, 0.2) is 72.3 Å². The monoisotopic (exact) mass is 591 g/mol. The van der Waals surface area contributed by atoms with E-state index < -0.39 is 5.97 Å². The number of nitrogens with one attached hydrogen (secondary N) is 1. The highest BCUT2D eigenvalue weighted by Gasteiger charge is 2.19. The van der Waals surface area contributed by atoms with Crippen molar-refractivity contribution in [1.29, 1.82) is 0 Å². The van der Waals surface area contributed by atoms with Crippen molar-refractivity contribution < 1.29 is 19.4 Å². The summed E-state index contributed by atoms with van der Waals surface area (Å²) in [4.78, 5) is 28.5. The van der Waals surface area contributed by atoms with Crippen molar-refractivity contribution in [3.8, 4) is 17.1 Å². The summed E-state index contributed by atoms with van der Waals surface area (Å²) >= 11 is 12.8. The number of para-hydroxylation sites is 1. The van der Waals surface area contributed by atoms with Crippen LogP contribution in [0.25, 0.3) is 22.4 Å². The number of carboxylic acid groups (broad SMARTS) is 1. The largest absolute Gasteiger partial charge is 0.488 e. The van der Waals surface area contributed by atoms with Gasteiger partial charge in [-0.1, -0.05) is 53.1 Å². The van der Waals surface area contributed by atoms with Crippen LogP contribution in [0.2, 0.25) is 10.0 Å². The summed E-state index contributed by atoms with van der Waals surface area (Å²) in [7, 11) is 0. The molecule has 3 aromatic carbocycles. The lowest BCUT2D eigenvalue weighted by Crippen LogP contribution is -2.25. The molecule has 1 aliphatic rings. The predicted octanol–water partition coefficient (Wildman–Crippen LogP) is 7.68. The van der Waals surface area contributed by atoms with Crippen LogP contribution >= 0.6 is 23.2 Å². The molecule has 0 fully saturated rings. The molecule has 0 aliphatic heterocycles. The summed E-state index contributed by atoms with van der Waals surface area (Å²) in [6, 6.07) is 18.5. The Balaban J connectivity index is 1.50. The van der Waals surface area contributed by atoms with Gasteiger partial charge in [0.25, 0.3) is 5.91 Å². The van der Waals surface area contributed by atoms with Gasteiger partial charge in [0.05, 0.1) is 23.0 Å². The van der Waals surface area contributed by atoms with Crippen molar-refractivity contribution >= 4 is 46.1 Å². The minimum absolute atomic E-state index is 0.0567. The molecule has 0 atom stereocenters. The number of allylic oxidation sites excluding steroid dienone is 2. The number of hydrogen-bond acceptors (Lipinski definition) is 4. The molecule has 0 saturated heterocycles. The maximum absolute atomic E-state index is 12.7. The average Bonchev–Trinajstić information content (AvgIpc) is 3.34. The van der Waals surface area contributed by atoms with Gasteiger partial charge in [-0.25, -0.2) is 4.98 Å². The van der Waals surface area contributed by atoms with E-state index in [1.54, 1.807) is 30.3 Å². The molecule has 0 bridgehead atoms. The lowest BCUT2D eigenvalue weighted by molar-refractivity contribution is -0.136. The van der Waals surface area contributed by atoms with Crippen LogP contribution in [0, 0.1) is 0 Å². The first kappa shape index (κ1) is 28.7. The number of imidazole rings is 1. The number of ether oxygens (including phenoxy) is 1. The minimum atomic E-state index is -0.963. The third-order valence-corrected chi connectivity index (χ3v) is 7.95. The smallest absolute Gasteiger partial charge is 0.305 e. The lowest BCUT2D eigenvalue weighted by Gasteiger charge is -2.16. The highest BCUT2D eigenvalue weighted by molar-refractivity contribution is 6.35. The fourth-order valence-electron chi connectivity index (χ4n) is 5.07. The number of fused-ring (bicyclic) bond motifs is 1. The molecular weight excluding hydrogens is 561 g/mol. The van der Waals surface area contributed by atoms with Gasteiger partial charge in [0.15, 0.2) is 0 Å². The van der Waals surface area contributed by atoms with Crippen molar-refractivity contribution in [3.05, 3.63) is 93.5 Å². The average molecular weight is 593 g/mol. The summed E-state index contributed by atoms with van der Waals surface area (Å²) in [5.41, 5.74) is 4.98. The molecule has 9 heteroatoms. The molecule has 1 heterocycles. The van der Waals surface area contributed by atoms with E-state index in [9.17, 15) is 9.59 Å². The molecule has 5 rings (SSSR count). The Morgan fingerprint density at radius 1 is 1.02 bits per heavy atom. The summed E-state index contributed by atoms with van der Waals surface area (Å²) < 4.78 is 8.45. The van der Waals surface area contributed by atoms with E-state index in [-0.39, 0.29) is 25.5 Å². The van der Waals surface area contributed by atoms with Crippen molar-refractivity contribution in [2.45, 2.75) is 51.7 Å². The number of halogens is 2. The fourth-order valence-corrected chi connectivity index (χ4v) is 5.58. The number of aliphatic carboxylic acids is 1. The second-order valence-electron chi connectivity index (χ2n) is 10.0. The van der Waals surface area contributed by atoms with Gasteiger partial charge in [-0.2, -0.15) is 0 Å². The second kappa shape index (κ2) is 13.2. The van der Waals surface area contributed by atoms with Gasteiger partial charge in [-0.15, -0.1) is 0 Å². The number of carboxylic acids is 1. The van der Waals surface area contributed by atoms with E-state index >= 15 is 0 Å². The molecular formula is C32H31Cl2N3O4. The molecule has 0 saturated carbocycles. The SMILES string of the molecule is O=C(O)CCNC(=O)c1ccc2c(c1)nc(-c1ccccc1OCc1c(Cl)cccc1Cl)n2CCC1=CCCCC1. The van der Waals surface area contributed by atoms with Crippen molar-refractivity contribution in [2.75, 3.05) is 6.54 Å². The Bertz CT molecular complexity index is 1590. The lowest BCUT2D eigenvalue weighted by atomic mass is 9.97. The van der Waals surface area contributed by atoms with Gasteiger partial charge < -0.3 is 19.7 Å². The number of aromatic nitrogens is 2. The Morgan fingerprint density at radius 3 is 2.59 bits per heavy atom. The fraction of sp³-hybridized carbons (Fsp3) is 0.281. The molecule has 4 aromatic rings. The van der Waals surface area contributed by atoms with Gasteiger partial charge in [0.1, 0.15) is 18.2 Å². The minimum Gasteiger partial charge on any atom is -0.488 e. The summed E-state index contributed by atoms with van der Waals surface area (Å²) in [6.07, 6.45) is 7.81. The molecule has 0 radical (unpaired) electrons. The van der Waals surface area contributed by atoms with Crippen LogP contribution in [0.3, 0.4) is 0 Å². The topological polar surface area (TPSA) is 93.5 Å². The van der Waals surface area contributed by atoms with Gasteiger partial charge in [-0.05, 0) is 74.6 Å². The van der Waals surface area contributed by atoms with E-state index in [0.29, 0.717) is 32.4 Å². The second-order valence-corrected chi connectivity index (χ2v) is 10.8. The number of carbonyl (C=O) groups excluding carboxylic acids is 1. The first-order valence-electron chi connectivity index (χ1n) is 13.7. The van der Waals surface area contributed by atoms with Crippen LogP contribution in [0.1, 0.15) is 54.4 Å². The number of carbonyl (C=O) groups is 2. The number of hydrogen-bond donors (Lipinski definition) is 2. The van der Waals surface area contributed by atoms with E-state index in [1.807, 2.05) is 30.3 Å². The molecule has 2 N–H and O–H groups in total. The zero-order valence-corrected chi connectivity index (χ0v) is 24.0. The highest BCUT2D eigenvalue weighted by atomic mass is 35.5. The molecule has 212 valence electrons. The maximum atomic E-state index is 12.7. The third-order valence-electron chi connectivity index (χ3n) is 7.24. The standard InChI is InChI=1S/C32H31Cl2N3O4/c33-25-10-6-11-26(34)24(25)20-41-29-12-5-4-9-23(29)31-36-27-19-22(32(40)35-17-15-30(38)39)13-14-28(27)37(31)18-16-21-7-2-1-3-8-21/h4-7,9-14,19H,1-3,8,15-18,20H2,(H,35,40)(H,38,39). The Kier molecular flexibility index (Phi) is 9.27. The Labute approximate surface area is 248 Å². The Hall–Kier alpha value is -3.81. The van der Waals surface area contributed by atoms with Crippen LogP contribution in [-0.4, -0.2) is 33.1 Å². The van der Waals surface area contributed by atoms with E-state index in [0.717, 1.165) is 42.7 Å². The maximum Gasteiger partial charge on any atom is 0.305 e. The summed E-state index contributed by atoms with van der Waals surface area (Å²) in [6.45, 7) is 0.983. The van der Waals surface area contributed by atoms with Gasteiger partial charge in [0, 0.05) is 34.3 Å². The normalized spacial score (nSPS) is 13.2. The molecule has 41 heavy (non-hydrogen) atoms. The van der Waals surface area contributed by atoms with Crippen molar-refractivity contribution in [2.24, 2.45) is 0 Å². The van der Waals surface area contributed by atoms with E-state index in [4.69, 9.17) is 38.0 Å². The molecule has 7 nitrogen and oxygen atoms in total. The van der Waals surface area contributed by atoms with Crippen molar-refractivity contribution in [3.63, 3.8) is 0 Å². The zero-order valence-electron chi connectivity index (χ0n) is 22.5. The number of benzene rings is 3. The molecule has 0 spiro atoms.